The molecule has 0 aliphatic carbocycles. The Morgan fingerprint density at radius 1 is 1.10 bits per heavy atom. The van der Waals surface area contributed by atoms with Crippen molar-refractivity contribution in [2.45, 2.75) is 0 Å². The number of carbonyl (C=O) groups is 2. The molecule has 108 valence electrons. The third-order valence-corrected chi connectivity index (χ3v) is 2.98. The Kier molecular flexibility index (Phi) is 4.79. The van der Waals surface area contributed by atoms with Gasteiger partial charge in [0.15, 0.2) is 0 Å². The molecule has 0 aromatic heterocycles. The number of phenols is 1. The standard InChI is InChI=1S/C15H13ClN2O3/c16-12-8-11(19)6-7-13(12)18-14(20)9-17-15(21)10-4-2-1-3-5-10/h1-8,19H,9H2,(H,17,21)(H,18,20). The first kappa shape index (κ1) is 14.9. The molecule has 0 radical (unpaired) electrons. The fraction of sp³-hybridized carbons (Fsp3) is 0.0667. The normalized spacial score (nSPS) is 9.95. The van der Waals surface area contributed by atoms with Crippen molar-refractivity contribution in [3.05, 3.63) is 59.1 Å². The first-order valence-corrected chi connectivity index (χ1v) is 6.55. The molecular weight excluding hydrogens is 292 g/mol. The molecule has 0 saturated heterocycles. The van der Waals surface area contributed by atoms with Gasteiger partial charge in [0.1, 0.15) is 5.75 Å². The highest BCUT2D eigenvalue weighted by Crippen LogP contribution is 2.25. The molecule has 0 aliphatic heterocycles. The molecule has 0 unspecified atom stereocenters. The van der Waals surface area contributed by atoms with Gasteiger partial charge in [0.2, 0.25) is 5.91 Å². The SMILES string of the molecule is O=C(CNC(=O)c1ccccc1)Nc1ccc(O)cc1Cl. The third kappa shape index (κ3) is 4.22. The van der Waals surface area contributed by atoms with Crippen LogP contribution in [0.15, 0.2) is 48.5 Å². The van der Waals surface area contributed by atoms with Gasteiger partial charge in [-0.2, -0.15) is 0 Å². The third-order valence-electron chi connectivity index (χ3n) is 2.67. The number of aromatic hydroxyl groups is 1. The van der Waals surface area contributed by atoms with Crippen LogP contribution in [0.1, 0.15) is 10.4 Å². The number of benzene rings is 2. The van der Waals surface area contributed by atoms with Crippen LogP contribution in [-0.4, -0.2) is 23.5 Å². The lowest BCUT2D eigenvalue weighted by molar-refractivity contribution is -0.115. The fourth-order valence-corrected chi connectivity index (χ4v) is 1.87. The Morgan fingerprint density at radius 2 is 1.81 bits per heavy atom. The van der Waals surface area contributed by atoms with E-state index in [4.69, 9.17) is 11.6 Å². The van der Waals surface area contributed by atoms with Gasteiger partial charge in [-0.15, -0.1) is 0 Å². The van der Waals surface area contributed by atoms with Gasteiger partial charge in [-0.25, -0.2) is 0 Å². The van der Waals surface area contributed by atoms with E-state index in [0.717, 1.165) is 0 Å². The Hall–Kier alpha value is -2.53. The van der Waals surface area contributed by atoms with Crippen LogP contribution in [0.4, 0.5) is 5.69 Å². The first-order valence-electron chi connectivity index (χ1n) is 6.18. The minimum Gasteiger partial charge on any atom is -0.508 e. The Morgan fingerprint density at radius 3 is 2.48 bits per heavy atom. The Balaban J connectivity index is 1.89. The number of anilines is 1. The van der Waals surface area contributed by atoms with Crippen LogP contribution in [0.25, 0.3) is 0 Å². The van der Waals surface area contributed by atoms with Gasteiger partial charge >= 0.3 is 0 Å². The summed E-state index contributed by atoms with van der Waals surface area (Å²) in [7, 11) is 0. The van der Waals surface area contributed by atoms with E-state index in [-0.39, 0.29) is 23.2 Å². The molecule has 0 spiro atoms. The number of rotatable bonds is 4. The van der Waals surface area contributed by atoms with Gasteiger partial charge in [-0.3, -0.25) is 9.59 Å². The second-order valence-corrected chi connectivity index (χ2v) is 4.67. The maximum absolute atomic E-state index is 11.8. The number of hydrogen-bond acceptors (Lipinski definition) is 3. The molecule has 3 N–H and O–H groups in total. The first-order chi connectivity index (χ1) is 10.1. The van der Waals surface area contributed by atoms with Crippen molar-refractivity contribution in [2.75, 3.05) is 11.9 Å². The fourth-order valence-electron chi connectivity index (χ4n) is 1.65. The van der Waals surface area contributed by atoms with Gasteiger partial charge in [0.05, 0.1) is 17.3 Å². The highest BCUT2D eigenvalue weighted by molar-refractivity contribution is 6.33. The Labute approximate surface area is 126 Å². The number of hydrogen-bond donors (Lipinski definition) is 3. The molecule has 0 fully saturated rings. The zero-order valence-corrected chi connectivity index (χ0v) is 11.7. The summed E-state index contributed by atoms with van der Waals surface area (Å²) in [6, 6.07) is 12.8. The molecule has 2 aromatic rings. The van der Waals surface area contributed by atoms with Crippen LogP contribution in [0.2, 0.25) is 5.02 Å². The van der Waals surface area contributed by atoms with Gasteiger partial charge in [0, 0.05) is 11.6 Å². The van der Waals surface area contributed by atoms with Crippen molar-refractivity contribution in [1.82, 2.24) is 5.32 Å². The Bertz CT molecular complexity index is 659. The summed E-state index contributed by atoms with van der Waals surface area (Å²) in [5.41, 5.74) is 0.849. The maximum Gasteiger partial charge on any atom is 0.251 e. The van der Waals surface area contributed by atoms with Crippen LogP contribution in [0, 0.1) is 0 Å². The maximum atomic E-state index is 11.8. The molecule has 0 heterocycles. The predicted octanol–water partition coefficient (Wildman–Crippen LogP) is 2.41. The highest BCUT2D eigenvalue weighted by atomic mass is 35.5. The lowest BCUT2D eigenvalue weighted by atomic mass is 10.2. The largest absolute Gasteiger partial charge is 0.508 e. The van der Waals surface area contributed by atoms with Crippen molar-refractivity contribution in [3.8, 4) is 5.75 Å². The van der Waals surface area contributed by atoms with E-state index < -0.39 is 5.91 Å². The van der Waals surface area contributed by atoms with E-state index in [9.17, 15) is 14.7 Å². The van der Waals surface area contributed by atoms with Crippen molar-refractivity contribution in [1.29, 1.82) is 0 Å². The van der Waals surface area contributed by atoms with E-state index in [0.29, 0.717) is 11.3 Å². The average molecular weight is 305 g/mol. The molecule has 21 heavy (non-hydrogen) atoms. The molecular formula is C15H13ClN2O3. The lowest BCUT2D eigenvalue weighted by Gasteiger charge is -2.08. The number of nitrogens with one attached hydrogen (secondary N) is 2. The smallest absolute Gasteiger partial charge is 0.251 e. The molecule has 2 amide bonds. The highest BCUT2D eigenvalue weighted by Gasteiger charge is 2.09. The van der Waals surface area contributed by atoms with Crippen molar-refractivity contribution < 1.29 is 14.7 Å². The predicted molar refractivity (Wildman–Crippen MR) is 80.5 cm³/mol. The minimum atomic E-state index is -0.410. The van der Waals surface area contributed by atoms with E-state index in [1.54, 1.807) is 30.3 Å². The number of amides is 2. The van der Waals surface area contributed by atoms with Gasteiger partial charge in [-0.05, 0) is 24.3 Å². The zero-order valence-electron chi connectivity index (χ0n) is 11.0. The summed E-state index contributed by atoms with van der Waals surface area (Å²) in [5.74, 6) is -0.732. The van der Waals surface area contributed by atoms with Crippen LogP contribution in [0.5, 0.6) is 5.75 Å². The van der Waals surface area contributed by atoms with E-state index in [1.807, 2.05) is 0 Å². The second-order valence-electron chi connectivity index (χ2n) is 4.26. The summed E-state index contributed by atoms with van der Waals surface area (Å²) in [5, 5.41) is 14.5. The summed E-state index contributed by atoms with van der Waals surface area (Å²) in [4.78, 5) is 23.5. The molecule has 2 rings (SSSR count). The lowest BCUT2D eigenvalue weighted by Crippen LogP contribution is -2.32. The summed E-state index contributed by atoms with van der Waals surface area (Å²) < 4.78 is 0. The van der Waals surface area contributed by atoms with Crippen LogP contribution >= 0.6 is 11.6 Å². The van der Waals surface area contributed by atoms with E-state index >= 15 is 0 Å². The van der Waals surface area contributed by atoms with Gasteiger partial charge in [-0.1, -0.05) is 29.8 Å². The average Bonchev–Trinajstić information content (AvgIpc) is 2.48. The van der Waals surface area contributed by atoms with Crippen molar-refractivity contribution in [2.24, 2.45) is 0 Å². The number of carbonyl (C=O) groups excluding carboxylic acids is 2. The molecule has 2 aromatic carbocycles. The molecule has 0 bridgehead atoms. The quantitative estimate of drug-likeness (QED) is 0.759. The van der Waals surface area contributed by atoms with Crippen LogP contribution < -0.4 is 10.6 Å². The molecule has 0 atom stereocenters. The monoisotopic (exact) mass is 304 g/mol. The topological polar surface area (TPSA) is 78.4 Å². The number of halogens is 1. The summed E-state index contributed by atoms with van der Waals surface area (Å²) in [6.07, 6.45) is 0. The molecule has 6 heteroatoms. The second kappa shape index (κ2) is 6.76. The van der Waals surface area contributed by atoms with Crippen LogP contribution in [0.3, 0.4) is 0 Å². The molecule has 5 nitrogen and oxygen atoms in total. The van der Waals surface area contributed by atoms with Gasteiger partial charge in [0.25, 0.3) is 5.91 Å². The summed E-state index contributed by atoms with van der Waals surface area (Å²) >= 11 is 5.87. The zero-order chi connectivity index (χ0) is 15.2. The van der Waals surface area contributed by atoms with E-state index in [2.05, 4.69) is 10.6 Å². The number of phenolic OH excluding ortho intramolecular Hbond substituents is 1. The van der Waals surface area contributed by atoms with Crippen LogP contribution in [-0.2, 0) is 4.79 Å². The molecule has 0 aliphatic rings. The molecule has 0 saturated carbocycles. The summed E-state index contributed by atoms with van der Waals surface area (Å²) in [6.45, 7) is -0.176. The van der Waals surface area contributed by atoms with E-state index in [1.165, 1.54) is 18.2 Å². The van der Waals surface area contributed by atoms with Crippen molar-refractivity contribution >= 4 is 29.1 Å². The van der Waals surface area contributed by atoms with Crippen molar-refractivity contribution in [3.63, 3.8) is 0 Å². The van der Waals surface area contributed by atoms with Gasteiger partial charge < -0.3 is 15.7 Å². The minimum absolute atomic E-state index is 0.00961.